The molecule has 35 heavy (non-hydrogen) atoms. The summed E-state index contributed by atoms with van der Waals surface area (Å²) in [7, 11) is -3.29. The lowest BCUT2D eigenvalue weighted by Crippen LogP contribution is -2.25. The van der Waals surface area contributed by atoms with Crippen molar-refractivity contribution in [1.82, 2.24) is 0 Å². The molecule has 0 aromatic heterocycles. The van der Waals surface area contributed by atoms with Gasteiger partial charge in [-0.15, -0.1) is 0 Å². The van der Waals surface area contributed by atoms with Gasteiger partial charge >= 0.3 is 0 Å². The van der Waals surface area contributed by atoms with Gasteiger partial charge in [0.15, 0.2) is 7.14 Å². The highest BCUT2D eigenvalue weighted by Gasteiger charge is 2.32. The van der Waals surface area contributed by atoms with Crippen LogP contribution in [-0.4, -0.2) is 58.0 Å². The van der Waals surface area contributed by atoms with Crippen molar-refractivity contribution >= 4 is 23.1 Å². The molecule has 0 spiro atoms. The van der Waals surface area contributed by atoms with Gasteiger partial charge in [-0.2, -0.15) is 0 Å². The molecule has 8 heteroatoms. The van der Waals surface area contributed by atoms with Crippen LogP contribution in [0.4, 0.5) is 0 Å². The van der Waals surface area contributed by atoms with E-state index < -0.39 is 7.14 Å². The molecule has 3 fully saturated rings. The molecule has 3 atom stereocenters. The Hall–Kier alpha value is -2.83. The third-order valence-corrected chi connectivity index (χ3v) is 9.07. The summed E-state index contributed by atoms with van der Waals surface area (Å²) in [5.74, 6) is 1.99. The fraction of sp³-hybridized carbons (Fsp3) is 0.333. The topological polar surface area (TPSA) is 82.4 Å². The molecule has 0 aliphatic carbocycles. The summed E-state index contributed by atoms with van der Waals surface area (Å²) in [6.45, 7) is 3.59. The van der Waals surface area contributed by atoms with Crippen molar-refractivity contribution in [3.05, 3.63) is 72.8 Å². The minimum atomic E-state index is -3.29. The van der Waals surface area contributed by atoms with Crippen molar-refractivity contribution in [2.24, 2.45) is 0 Å². The van der Waals surface area contributed by atoms with Gasteiger partial charge in [-0.05, 0) is 36.4 Å². The monoisotopic (exact) mass is 494 g/mol. The van der Waals surface area contributed by atoms with Gasteiger partial charge in [0.1, 0.15) is 55.4 Å². The lowest BCUT2D eigenvalue weighted by Gasteiger charge is -2.22. The van der Waals surface area contributed by atoms with Gasteiger partial charge in [0.2, 0.25) is 0 Å². The first-order valence-electron chi connectivity index (χ1n) is 11.8. The van der Waals surface area contributed by atoms with E-state index in [1.54, 1.807) is 0 Å². The first-order valence-corrected chi connectivity index (χ1v) is 13.5. The van der Waals surface area contributed by atoms with Crippen LogP contribution in [0, 0.1) is 0 Å². The third kappa shape index (κ3) is 5.54. The second-order valence-corrected chi connectivity index (χ2v) is 11.7. The van der Waals surface area contributed by atoms with Crippen LogP contribution in [-0.2, 0) is 18.8 Å². The molecule has 0 radical (unpaired) electrons. The van der Waals surface area contributed by atoms with Crippen molar-refractivity contribution in [1.29, 1.82) is 0 Å². The highest BCUT2D eigenvalue weighted by atomic mass is 31.2. The number of ether oxygens (including phenoxy) is 6. The average molecular weight is 494 g/mol. The Morgan fingerprint density at radius 3 is 1.20 bits per heavy atom. The predicted octanol–water partition coefficient (Wildman–Crippen LogP) is 2.66. The fourth-order valence-electron chi connectivity index (χ4n) is 3.82. The van der Waals surface area contributed by atoms with Crippen molar-refractivity contribution in [3.63, 3.8) is 0 Å². The van der Waals surface area contributed by atoms with Crippen LogP contribution in [0.2, 0.25) is 0 Å². The minimum absolute atomic E-state index is 0.138. The number of hydrogen-bond donors (Lipinski definition) is 0. The second-order valence-electron chi connectivity index (χ2n) is 8.90. The maximum Gasteiger partial charge on any atom is 0.171 e. The maximum atomic E-state index is 15.1. The molecule has 0 bridgehead atoms. The molecule has 3 aliphatic rings. The average Bonchev–Trinajstić information content (AvgIpc) is 3.76. The van der Waals surface area contributed by atoms with Gasteiger partial charge in [0, 0.05) is 15.9 Å². The molecule has 0 amide bonds. The van der Waals surface area contributed by atoms with Crippen LogP contribution >= 0.6 is 7.14 Å². The zero-order valence-electron chi connectivity index (χ0n) is 19.2. The zero-order valence-corrected chi connectivity index (χ0v) is 20.1. The van der Waals surface area contributed by atoms with Crippen LogP contribution in [0.1, 0.15) is 0 Å². The van der Waals surface area contributed by atoms with Gasteiger partial charge in [-0.25, -0.2) is 0 Å². The number of benzene rings is 3. The van der Waals surface area contributed by atoms with Gasteiger partial charge in [-0.1, -0.05) is 36.4 Å². The Morgan fingerprint density at radius 1 is 0.600 bits per heavy atom. The Morgan fingerprint density at radius 2 is 0.914 bits per heavy atom. The molecule has 0 saturated carbocycles. The quantitative estimate of drug-likeness (QED) is 0.283. The predicted molar refractivity (Wildman–Crippen MR) is 132 cm³/mol. The normalized spacial score (nSPS) is 23.7. The molecule has 7 nitrogen and oxygen atoms in total. The standard InChI is InChI=1S/C27H27O7P/c28-35(25-7-1-4-19(10-25)29-13-22-16-32-22,26-8-2-5-20(11-26)30-14-23-17-33-23)27-9-3-6-21(12-27)31-15-24-18-34-24/h1-12,22-24H,13-18H2. The molecular formula is C27H27O7P. The van der Waals surface area contributed by atoms with Gasteiger partial charge < -0.3 is 33.0 Å². The molecule has 0 N–H and O–H groups in total. The molecule has 3 unspecified atom stereocenters. The zero-order chi connectivity index (χ0) is 23.7. The summed E-state index contributed by atoms with van der Waals surface area (Å²) in [5, 5.41) is 2.03. The molecule has 3 aliphatic heterocycles. The highest BCUT2D eigenvalue weighted by Crippen LogP contribution is 2.44. The summed E-state index contributed by atoms with van der Waals surface area (Å²) in [6.07, 6.45) is 0.414. The first kappa shape index (κ1) is 22.6. The van der Waals surface area contributed by atoms with E-state index in [1.807, 2.05) is 72.8 Å². The highest BCUT2D eigenvalue weighted by molar-refractivity contribution is 7.85. The van der Waals surface area contributed by atoms with Crippen LogP contribution in [0.15, 0.2) is 72.8 Å². The molecule has 3 aromatic rings. The summed E-state index contributed by atoms with van der Waals surface area (Å²) in [4.78, 5) is 0. The lowest BCUT2D eigenvalue weighted by molar-refractivity contribution is 0.263. The molecule has 3 heterocycles. The van der Waals surface area contributed by atoms with Crippen LogP contribution in [0.25, 0.3) is 0 Å². The van der Waals surface area contributed by atoms with Crippen molar-refractivity contribution < 1.29 is 33.0 Å². The van der Waals surface area contributed by atoms with E-state index >= 15 is 4.57 Å². The number of epoxide rings is 3. The molecule has 3 saturated heterocycles. The van der Waals surface area contributed by atoms with Crippen molar-refractivity contribution in [2.45, 2.75) is 18.3 Å². The largest absolute Gasteiger partial charge is 0.491 e. The van der Waals surface area contributed by atoms with Crippen LogP contribution < -0.4 is 30.1 Å². The number of rotatable bonds is 12. The van der Waals surface area contributed by atoms with Crippen LogP contribution in [0.5, 0.6) is 17.2 Å². The van der Waals surface area contributed by atoms with E-state index in [9.17, 15) is 0 Å². The van der Waals surface area contributed by atoms with Crippen molar-refractivity contribution in [3.8, 4) is 17.2 Å². The van der Waals surface area contributed by atoms with Gasteiger partial charge in [0.25, 0.3) is 0 Å². The number of hydrogen-bond acceptors (Lipinski definition) is 7. The molecule has 6 rings (SSSR count). The Kier molecular flexibility index (Phi) is 6.25. The summed E-state index contributed by atoms with van der Waals surface area (Å²) < 4.78 is 48.6. The minimum Gasteiger partial charge on any atom is -0.491 e. The molecular weight excluding hydrogens is 467 g/mol. The van der Waals surface area contributed by atoms with E-state index in [0.717, 1.165) is 19.8 Å². The van der Waals surface area contributed by atoms with Crippen molar-refractivity contribution in [2.75, 3.05) is 39.6 Å². The van der Waals surface area contributed by atoms with Gasteiger partial charge in [0.05, 0.1) is 19.8 Å². The van der Waals surface area contributed by atoms with E-state index in [4.69, 9.17) is 28.4 Å². The maximum absolute atomic E-state index is 15.1. The summed E-state index contributed by atoms with van der Waals surface area (Å²) >= 11 is 0. The van der Waals surface area contributed by atoms with Gasteiger partial charge in [-0.3, -0.25) is 0 Å². The first-order chi connectivity index (χ1) is 17.2. The summed E-state index contributed by atoms with van der Waals surface area (Å²) in [5.41, 5.74) is 0. The van der Waals surface area contributed by atoms with Crippen LogP contribution in [0.3, 0.4) is 0 Å². The lowest BCUT2D eigenvalue weighted by atomic mass is 10.3. The molecule has 3 aromatic carbocycles. The second kappa shape index (κ2) is 9.67. The van der Waals surface area contributed by atoms with E-state index in [1.165, 1.54) is 0 Å². The van der Waals surface area contributed by atoms with E-state index in [-0.39, 0.29) is 18.3 Å². The Bertz CT molecular complexity index is 1080. The Balaban J connectivity index is 1.36. The van der Waals surface area contributed by atoms with E-state index in [2.05, 4.69) is 0 Å². The fourth-order valence-corrected chi connectivity index (χ4v) is 6.52. The van der Waals surface area contributed by atoms with E-state index in [0.29, 0.717) is 53.0 Å². The summed E-state index contributed by atoms with van der Waals surface area (Å²) in [6, 6.07) is 22.5. The third-order valence-electron chi connectivity index (χ3n) is 6.06. The Labute approximate surface area is 204 Å². The SMILES string of the molecule is O=P(c1cccc(OCC2CO2)c1)(c1cccc(OCC2CO2)c1)c1cccc(OCC2CO2)c1. The molecule has 182 valence electrons. The smallest absolute Gasteiger partial charge is 0.171 e.